The summed E-state index contributed by atoms with van der Waals surface area (Å²) < 4.78 is 19.3. The molecule has 0 bridgehead atoms. The number of aromatic nitrogens is 2. The number of hydrogen-bond acceptors (Lipinski definition) is 6. The zero-order valence-electron chi connectivity index (χ0n) is 16.0. The van der Waals surface area contributed by atoms with E-state index >= 15 is 0 Å². The molecule has 0 aliphatic carbocycles. The van der Waals surface area contributed by atoms with Gasteiger partial charge in [-0.1, -0.05) is 12.1 Å². The number of benzene rings is 1. The van der Waals surface area contributed by atoms with Crippen molar-refractivity contribution < 1.29 is 13.9 Å². The van der Waals surface area contributed by atoms with Gasteiger partial charge in [-0.25, -0.2) is 9.37 Å². The van der Waals surface area contributed by atoms with Crippen molar-refractivity contribution in [3.63, 3.8) is 0 Å². The molecule has 2 aromatic rings. The van der Waals surface area contributed by atoms with Crippen LogP contribution in [0.15, 0.2) is 30.3 Å². The van der Waals surface area contributed by atoms with E-state index in [0.717, 1.165) is 30.5 Å². The molecule has 0 atom stereocenters. The third kappa shape index (κ3) is 3.91. The van der Waals surface area contributed by atoms with Gasteiger partial charge in [0, 0.05) is 51.0 Å². The number of piperazine rings is 1. The van der Waals surface area contributed by atoms with Crippen molar-refractivity contribution in [3.05, 3.63) is 47.4 Å². The smallest absolute Gasteiger partial charge is 0.256 e. The number of hydrogen-bond donors (Lipinski definition) is 0. The van der Waals surface area contributed by atoms with Crippen molar-refractivity contribution in [2.75, 3.05) is 62.3 Å². The molecule has 7 nitrogen and oxygen atoms in total. The lowest BCUT2D eigenvalue weighted by Crippen LogP contribution is -2.49. The summed E-state index contributed by atoms with van der Waals surface area (Å²) in [5.41, 5.74) is 1.04. The average molecular weight is 385 g/mol. The molecule has 28 heavy (non-hydrogen) atoms. The van der Waals surface area contributed by atoms with Crippen molar-refractivity contribution in [2.45, 2.75) is 6.92 Å². The van der Waals surface area contributed by atoms with E-state index in [0.29, 0.717) is 39.4 Å². The van der Waals surface area contributed by atoms with Crippen LogP contribution in [0.25, 0.3) is 0 Å². The Balaban J connectivity index is 1.44. The minimum absolute atomic E-state index is 0.128. The summed E-state index contributed by atoms with van der Waals surface area (Å²) in [4.78, 5) is 27.9. The van der Waals surface area contributed by atoms with Gasteiger partial charge in [0.15, 0.2) is 0 Å². The molecule has 2 saturated heterocycles. The third-order valence-corrected chi connectivity index (χ3v) is 5.12. The van der Waals surface area contributed by atoms with Gasteiger partial charge in [-0.05, 0) is 19.1 Å². The van der Waals surface area contributed by atoms with Gasteiger partial charge in [-0.3, -0.25) is 4.79 Å². The molecule has 1 amide bonds. The molecule has 1 aromatic carbocycles. The highest BCUT2D eigenvalue weighted by Crippen LogP contribution is 2.20. The zero-order valence-corrected chi connectivity index (χ0v) is 16.0. The molecule has 0 N–H and O–H groups in total. The number of carbonyl (C=O) groups is 1. The molecule has 3 heterocycles. The first kappa shape index (κ1) is 18.6. The van der Waals surface area contributed by atoms with Gasteiger partial charge < -0.3 is 19.4 Å². The predicted octanol–water partition coefficient (Wildman–Crippen LogP) is 1.72. The molecule has 1 aromatic heterocycles. The molecule has 2 fully saturated rings. The second kappa shape index (κ2) is 8.10. The fourth-order valence-electron chi connectivity index (χ4n) is 3.55. The van der Waals surface area contributed by atoms with Crippen LogP contribution in [0, 0.1) is 12.7 Å². The Morgan fingerprint density at radius 2 is 1.71 bits per heavy atom. The first-order valence-electron chi connectivity index (χ1n) is 9.59. The van der Waals surface area contributed by atoms with Crippen LogP contribution in [-0.2, 0) is 4.74 Å². The van der Waals surface area contributed by atoms with Crippen molar-refractivity contribution in [1.29, 1.82) is 0 Å². The maximum atomic E-state index is 13.9. The molecule has 0 unspecified atom stereocenters. The molecular formula is C20H24FN5O2. The number of nitrogens with zero attached hydrogens (tertiary/aromatic N) is 5. The zero-order chi connectivity index (χ0) is 19.5. The minimum atomic E-state index is -0.475. The Kier molecular flexibility index (Phi) is 5.38. The maximum Gasteiger partial charge on any atom is 0.256 e. The number of rotatable bonds is 3. The summed E-state index contributed by atoms with van der Waals surface area (Å²) in [6, 6.07) is 8.10. The predicted molar refractivity (Wildman–Crippen MR) is 104 cm³/mol. The highest BCUT2D eigenvalue weighted by molar-refractivity contribution is 5.94. The first-order chi connectivity index (χ1) is 13.6. The molecule has 2 aliphatic heterocycles. The lowest BCUT2D eigenvalue weighted by molar-refractivity contribution is 0.0742. The maximum absolute atomic E-state index is 13.9. The van der Waals surface area contributed by atoms with Crippen LogP contribution < -0.4 is 9.80 Å². The van der Waals surface area contributed by atoms with Crippen LogP contribution in [0.2, 0.25) is 0 Å². The molecular weight excluding hydrogens is 361 g/mol. The van der Waals surface area contributed by atoms with Gasteiger partial charge in [0.25, 0.3) is 5.91 Å². The van der Waals surface area contributed by atoms with E-state index in [2.05, 4.69) is 14.8 Å². The summed E-state index contributed by atoms with van der Waals surface area (Å²) in [5, 5.41) is 0. The van der Waals surface area contributed by atoms with Gasteiger partial charge in [-0.2, -0.15) is 4.98 Å². The Hall–Kier alpha value is -2.74. The molecule has 0 saturated carbocycles. The Labute approximate surface area is 163 Å². The summed E-state index contributed by atoms with van der Waals surface area (Å²) in [7, 11) is 0. The van der Waals surface area contributed by atoms with Crippen molar-refractivity contribution in [2.24, 2.45) is 0 Å². The Morgan fingerprint density at radius 3 is 2.43 bits per heavy atom. The standard InChI is InChI=1S/C20H24FN5O2/c1-15-14-18(23-20(22-15)26-10-12-28-13-11-26)24-6-8-25(9-7-24)19(27)16-4-2-3-5-17(16)21/h2-5,14H,6-13H2,1H3. The third-order valence-electron chi connectivity index (χ3n) is 5.12. The van der Waals surface area contributed by atoms with Crippen LogP contribution in [0.3, 0.4) is 0 Å². The van der Waals surface area contributed by atoms with E-state index in [1.54, 1.807) is 17.0 Å². The Morgan fingerprint density at radius 1 is 1.00 bits per heavy atom. The minimum Gasteiger partial charge on any atom is -0.378 e. The summed E-state index contributed by atoms with van der Waals surface area (Å²) >= 11 is 0. The number of carbonyl (C=O) groups excluding carboxylic acids is 1. The van der Waals surface area contributed by atoms with Crippen molar-refractivity contribution in [1.82, 2.24) is 14.9 Å². The van der Waals surface area contributed by atoms with Gasteiger partial charge in [0.05, 0.1) is 18.8 Å². The largest absolute Gasteiger partial charge is 0.378 e. The van der Waals surface area contributed by atoms with E-state index in [-0.39, 0.29) is 11.5 Å². The summed E-state index contributed by atoms with van der Waals surface area (Å²) in [6.45, 7) is 7.27. The number of ether oxygens (including phenoxy) is 1. The quantitative estimate of drug-likeness (QED) is 0.802. The molecule has 0 radical (unpaired) electrons. The molecule has 148 valence electrons. The fourth-order valence-corrected chi connectivity index (χ4v) is 3.55. The second-order valence-corrected chi connectivity index (χ2v) is 7.03. The highest BCUT2D eigenvalue weighted by Gasteiger charge is 2.25. The number of morpholine rings is 1. The lowest BCUT2D eigenvalue weighted by Gasteiger charge is -2.36. The van der Waals surface area contributed by atoms with Crippen molar-refractivity contribution in [3.8, 4) is 0 Å². The van der Waals surface area contributed by atoms with Gasteiger partial charge in [0.2, 0.25) is 5.95 Å². The summed E-state index contributed by atoms with van der Waals surface area (Å²) in [5.74, 6) is 0.859. The topological polar surface area (TPSA) is 61.8 Å². The van der Waals surface area contributed by atoms with Crippen LogP contribution >= 0.6 is 0 Å². The number of aryl methyl sites for hydroxylation is 1. The van der Waals surface area contributed by atoms with Crippen LogP contribution in [0.1, 0.15) is 16.1 Å². The molecule has 2 aliphatic rings. The van der Waals surface area contributed by atoms with E-state index in [4.69, 9.17) is 9.72 Å². The van der Waals surface area contributed by atoms with E-state index < -0.39 is 5.82 Å². The average Bonchev–Trinajstić information content (AvgIpc) is 2.74. The van der Waals surface area contributed by atoms with Gasteiger partial charge in [-0.15, -0.1) is 0 Å². The Bertz CT molecular complexity index is 848. The summed E-state index contributed by atoms with van der Waals surface area (Å²) in [6.07, 6.45) is 0. The lowest BCUT2D eigenvalue weighted by atomic mass is 10.1. The monoisotopic (exact) mass is 385 g/mol. The molecule has 0 spiro atoms. The number of anilines is 2. The van der Waals surface area contributed by atoms with Crippen LogP contribution in [0.4, 0.5) is 16.2 Å². The number of halogens is 1. The van der Waals surface area contributed by atoms with Gasteiger partial charge in [0.1, 0.15) is 11.6 Å². The first-order valence-corrected chi connectivity index (χ1v) is 9.59. The van der Waals surface area contributed by atoms with Crippen LogP contribution in [-0.4, -0.2) is 73.3 Å². The van der Waals surface area contributed by atoms with Gasteiger partial charge >= 0.3 is 0 Å². The van der Waals surface area contributed by atoms with Crippen LogP contribution in [0.5, 0.6) is 0 Å². The van der Waals surface area contributed by atoms with E-state index in [1.165, 1.54) is 12.1 Å². The van der Waals surface area contributed by atoms with E-state index in [1.807, 2.05) is 13.0 Å². The molecule has 8 heteroatoms. The second-order valence-electron chi connectivity index (χ2n) is 7.03. The fraction of sp³-hybridized carbons (Fsp3) is 0.450. The van der Waals surface area contributed by atoms with Crippen molar-refractivity contribution >= 4 is 17.7 Å². The number of amides is 1. The SMILES string of the molecule is Cc1cc(N2CCN(C(=O)c3ccccc3F)CC2)nc(N2CCOCC2)n1. The highest BCUT2D eigenvalue weighted by atomic mass is 19.1. The van der Waals surface area contributed by atoms with E-state index in [9.17, 15) is 9.18 Å². The normalized spacial score (nSPS) is 17.7. The molecule has 4 rings (SSSR count).